The Labute approximate surface area is 171 Å². The van der Waals surface area contributed by atoms with Gasteiger partial charge in [0.15, 0.2) is 0 Å². The summed E-state index contributed by atoms with van der Waals surface area (Å²) in [6.45, 7) is 0. The average Bonchev–Trinajstić information content (AvgIpc) is 2.65. The molecule has 138 valence electrons. The fourth-order valence-corrected chi connectivity index (χ4v) is 2.86. The lowest BCUT2D eigenvalue weighted by molar-refractivity contribution is 0.102. The van der Waals surface area contributed by atoms with Crippen LogP contribution < -0.4 is 14.8 Å². The first kappa shape index (κ1) is 19.4. The summed E-state index contributed by atoms with van der Waals surface area (Å²) in [5, 5.41) is 4.16. The minimum Gasteiger partial charge on any atom is -0.496 e. The average molecular weight is 423 g/mol. The lowest BCUT2D eigenvalue weighted by Gasteiger charge is -2.12. The fraction of sp³-hybridized carbons (Fsp3) is 0.0500. The SMILES string of the molecule is COc1ccc(Cl)cc1C(=O)Nc1ccc(Oc2ccc(Cl)cc2)c(Cl)c1. The Balaban J connectivity index is 1.77. The fourth-order valence-electron chi connectivity index (χ4n) is 2.35. The first-order chi connectivity index (χ1) is 13.0. The van der Waals surface area contributed by atoms with Gasteiger partial charge in [0.2, 0.25) is 0 Å². The van der Waals surface area contributed by atoms with Crippen molar-refractivity contribution in [2.45, 2.75) is 0 Å². The Morgan fingerprint density at radius 2 is 1.52 bits per heavy atom. The molecule has 27 heavy (non-hydrogen) atoms. The van der Waals surface area contributed by atoms with Gasteiger partial charge in [0.1, 0.15) is 17.2 Å². The van der Waals surface area contributed by atoms with E-state index in [0.717, 1.165) is 0 Å². The van der Waals surface area contributed by atoms with Crippen molar-refractivity contribution in [3.8, 4) is 17.2 Å². The van der Waals surface area contributed by atoms with E-state index in [0.29, 0.717) is 43.6 Å². The van der Waals surface area contributed by atoms with Crippen LogP contribution in [0.1, 0.15) is 10.4 Å². The highest BCUT2D eigenvalue weighted by Gasteiger charge is 2.14. The number of ether oxygens (including phenoxy) is 2. The number of hydrogen-bond donors (Lipinski definition) is 1. The molecule has 0 fully saturated rings. The molecular formula is C20H14Cl3NO3. The normalized spacial score (nSPS) is 10.4. The molecule has 0 spiro atoms. The van der Waals surface area contributed by atoms with E-state index in [-0.39, 0.29) is 5.91 Å². The highest BCUT2D eigenvalue weighted by atomic mass is 35.5. The maximum atomic E-state index is 12.5. The third-order valence-corrected chi connectivity index (χ3v) is 4.42. The number of rotatable bonds is 5. The smallest absolute Gasteiger partial charge is 0.259 e. The van der Waals surface area contributed by atoms with Crippen LogP contribution in [-0.2, 0) is 0 Å². The van der Waals surface area contributed by atoms with Gasteiger partial charge in [-0.2, -0.15) is 0 Å². The summed E-state index contributed by atoms with van der Waals surface area (Å²) in [4.78, 5) is 12.5. The summed E-state index contributed by atoms with van der Waals surface area (Å²) < 4.78 is 10.9. The molecule has 0 aliphatic heterocycles. The van der Waals surface area contributed by atoms with Crippen molar-refractivity contribution >= 4 is 46.4 Å². The Morgan fingerprint density at radius 1 is 0.852 bits per heavy atom. The van der Waals surface area contributed by atoms with Gasteiger partial charge in [-0.25, -0.2) is 0 Å². The molecule has 0 saturated heterocycles. The van der Waals surface area contributed by atoms with E-state index in [1.54, 1.807) is 54.6 Å². The molecule has 0 aromatic heterocycles. The van der Waals surface area contributed by atoms with E-state index in [1.807, 2.05) is 0 Å². The molecule has 1 amide bonds. The maximum absolute atomic E-state index is 12.5. The third-order valence-electron chi connectivity index (χ3n) is 3.64. The van der Waals surface area contributed by atoms with Crippen LogP contribution in [-0.4, -0.2) is 13.0 Å². The van der Waals surface area contributed by atoms with Gasteiger partial charge in [0.05, 0.1) is 17.7 Å². The minimum absolute atomic E-state index is 0.322. The van der Waals surface area contributed by atoms with Gasteiger partial charge in [-0.05, 0) is 60.7 Å². The summed E-state index contributed by atoms with van der Waals surface area (Å²) in [7, 11) is 1.49. The van der Waals surface area contributed by atoms with E-state index >= 15 is 0 Å². The predicted octanol–water partition coefficient (Wildman–Crippen LogP) is 6.70. The largest absolute Gasteiger partial charge is 0.496 e. The molecule has 7 heteroatoms. The molecule has 0 aliphatic rings. The molecule has 0 unspecified atom stereocenters. The lowest BCUT2D eigenvalue weighted by Crippen LogP contribution is -2.13. The topological polar surface area (TPSA) is 47.6 Å². The van der Waals surface area contributed by atoms with Crippen molar-refractivity contribution in [1.29, 1.82) is 0 Å². The van der Waals surface area contributed by atoms with Gasteiger partial charge in [0.25, 0.3) is 5.91 Å². The highest BCUT2D eigenvalue weighted by molar-refractivity contribution is 6.32. The standard InChI is InChI=1S/C20H14Cl3NO3/c1-26-18-8-4-13(22)10-16(18)20(25)24-14-5-9-19(17(23)11-14)27-15-6-2-12(21)3-7-15/h2-11H,1H3,(H,24,25). The second kappa shape index (κ2) is 8.53. The first-order valence-electron chi connectivity index (χ1n) is 7.84. The van der Waals surface area contributed by atoms with E-state index in [1.165, 1.54) is 13.2 Å². The monoisotopic (exact) mass is 421 g/mol. The zero-order valence-corrected chi connectivity index (χ0v) is 16.4. The van der Waals surface area contributed by atoms with Crippen molar-refractivity contribution in [2.75, 3.05) is 12.4 Å². The highest BCUT2D eigenvalue weighted by Crippen LogP contribution is 2.32. The number of nitrogens with one attached hydrogen (secondary N) is 1. The zero-order chi connectivity index (χ0) is 19.4. The molecule has 3 rings (SSSR count). The van der Waals surface area contributed by atoms with Crippen LogP contribution in [0.25, 0.3) is 0 Å². The van der Waals surface area contributed by atoms with E-state index < -0.39 is 0 Å². The molecule has 1 N–H and O–H groups in total. The molecule has 3 aromatic carbocycles. The Bertz CT molecular complexity index is 975. The molecule has 0 bridgehead atoms. The Morgan fingerprint density at radius 3 is 2.19 bits per heavy atom. The maximum Gasteiger partial charge on any atom is 0.259 e. The number of methoxy groups -OCH3 is 1. The Hall–Kier alpha value is -2.40. The van der Waals surface area contributed by atoms with Crippen LogP contribution >= 0.6 is 34.8 Å². The van der Waals surface area contributed by atoms with Crippen LogP contribution in [0.4, 0.5) is 5.69 Å². The molecule has 0 heterocycles. The van der Waals surface area contributed by atoms with Crippen LogP contribution in [0.5, 0.6) is 17.2 Å². The molecule has 4 nitrogen and oxygen atoms in total. The van der Waals surface area contributed by atoms with Gasteiger partial charge in [-0.1, -0.05) is 34.8 Å². The number of anilines is 1. The zero-order valence-electron chi connectivity index (χ0n) is 14.1. The summed E-state index contributed by atoms with van der Waals surface area (Å²) >= 11 is 18.1. The van der Waals surface area contributed by atoms with Crippen molar-refractivity contribution in [1.82, 2.24) is 0 Å². The van der Waals surface area contributed by atoms with Crippen LogP contribution in [0.15, 0.2) is 60.7 Å². The second-order valence-corrected chi connectivity index (χ2v) is 6.78. The van der Waals surface area contributed by atoms with Crippen molar-refractivity contribution in [2.24, 2.45) is 0 Å². The molecule has 3 aromatic rings. The molecule has 0 saturated carbocycles. The van der Waals surface area contributed by atoms with Gasteiger partial charge < -0.3 is 14.8 Å². The number of benzene rings is 3. The quantitative estimate of drug-likeness (QED) is 0.497. The van der Waals surface area contributed by atoms with Crippen molar-refractivity contribution in [3.05, 3.63) is 81.3 Å². The lowest BCUT2D eigenvalue weighted by atomic mass is 10.2. The van der Waals surface area contributed by atoms with Gasteiger partial charge in [-0.15, -0.1) is 0 Å². The van der Waals surface area contributed by atoms with Gasteiger partial charge in [0, 0.05) is 15.7 Å². The number of amides is 1. The number of carbonyl (C=O) groups excluding carboxylic acids is 1. The minimum atomic E-state index is -0.364. The summed E-state index contributed by atoms with van der Waals surface area (Å²) in [6, 6.07) is 16.7. The van der Waals surface area contributed by atoms with Crippen molar-refractivity contribution < 1.29 is 14.3 Å². The van der Waals surface area contributed by atoms with Gasteiger partial charge in [-0.3, -0.25) is 4.79 Å². The van der Waals surface area contributed by atoms with Crippen LogP contribution in [0, 0.1) is 0 Å². The van der Waals surface area contributed by atoms with Gasteiger partial charge >= 0.3 is 0 Å². The van der Waals surface area contributed by atoms with Crippen LogP contribution in [0.3, 0.4) is 0 Å². The van der Waals surface area contributed by atoms with Crippen molar-refractivity contribution in [3.63, 3.8) is 0 Å². The summed E-state index contributed by atoms with van der Waals surface area (Å²) in [5.41, 5.74) is 0.832. The molecular weight excluding hydrogens is 409 g/mol. The van der Waals surface area contributed by atoms with Crippen LogP contribution in [0.2, 0.25) is 15.1 Å². The summed E-state index contributed by atoms with van der Waals surface area (Å²) in [6.07, 6.45) is 0. The number of hydrogen-bond acceptors (Lipinski definition) is 3. The summed E-state index contributed by atoms with van der Waals surface area (Å²) in [5.74, 6) is 1.11. The Kier molecular flexibility index (Phi) is 6.11. The third kappa shape index (κ3) is 4.86. The van der Waals surface area contributed by atoms with E-state index in [2.05, 4.69) is 5.32 Å². The number of carbonyl (C=O) groups is 1. The molecule has 0 atom stereocenters. The second-order valence-electron chi connectivity index (χ2n) is 5.50. The molecule has 0 radical (unpaired) electrons. The first-order valence-corrected chi connectivity index (χ1v) is 8.97. The van der Waals surface area contributed by atoms with E-state index in [9.17, 15) is 4.79 Å². The molecule has 0 aliphatic carbocycles. The number of halogens is 3. The predicted molar refractivity (Wildman–Crippen MR) is 109 cm³/mol. The van der Waals surface area contributed by atoms with E-state index in [4.69, 9.17) is 44.3 Å².